The summed E-state index contributed by atoms with van der Waals surface area (Å²) in [6, 6.07) is 0. The third-order valence-corrected chi connectivity index (χ3v) is 8.04. The second-order valence-electron chi connectivity index (χ2n) is 12.3. The van der Waals surface area contributed by atoms with Crippen LogP contribution in [0.2, 0.25) is 0 Å². The third kappa shape index (κ3) is 30.5. The Morgan fingerprint density at radius 3 is 1.60 bits per heavy atom. The summed E-state index contributed by atoms with van der Waals surface area (Å²) in [6.07, 6.45) is 25.3. The normalized spacial score (nSPS) is 12.1. The fraction of sp³-hybridized carbons (Fsp3) is 0.865. The van der Waals surface area contributed by atoms with Gasteiger partial charge in [-0.05, 0) is 70.9 Å². The molecule has 0 saturated carbocycles. The van der Waals surface area contributed by atoms with Crippen molar-refractivity contribution in [2.24, 2.45) is 0 Å². The second kappa shape index (κ2) is 33.4. The molecule has 0 aliphatic carbocycles. The van der Waals surface area contributed by atoms with E-state index in [-0.39, 0.29) is 18.7 Å². The van der Waals surface area contributed by atoms with Crippen LogP contribution in [0.25, 0.3) is 0 Å². The Labute approximate surface area is 276 Å². The van der Waals surface area contributed by atoms with Crippen LogP contribution >= 0.6 is 0 Å². The van der Waals surface area contributed by atoms with Crippen LogP contribution in [0.15, 0.2) is 12.2 Å². The highest BCUT2D eigenvalue weighted by Crippen LogP contribution is 2.17. The largest absolute Gasteiger partial charge is 0.463 e. The van der Waals surface area contributed by atoms with Gasteiger partial charge in [-0.25, -0.2) is 9.59 Å². The predicted octanol–water partition coefficient (Wildman–Crippen LogP) is 8.48. The molecule has 1 atom stereocenters. The molecule has 0 spiro atoms. The zero-order valence-corrected chi connectivity index (χ0v) is 29.4. The van der Waals surface area contributed by atoms with E-state index in [1.807, 2.05) is 0 Å². The van der Waals surface area contributed by atoms with Gasteiger partial charge in [-0.15, -0.1) is 0 Å². The van der Waals surface area contributed by atoms with Gasteiger partial charge in [0.05, 0.1) is 19.8 Å². The zero-order chi connectivity index (χ0) is 33.2. The van der Waals surface area contributed by atoms with E-state index in [1.165, 1.54) is 32.1 Å². The third-order valence-electron chi connectivity index (χ3n) is 8.04. The lowest BCUT2D eigenvalue weighted by molar-refractivity contribution is -0.150. The summed E-state index contributed by atoms with van der Waals surface area (Å²) in [5.41, 5.74) is 0. The summed E-state index contributed by atoms with van der Waals surface area (Å²) in [4.78, 5) is 38.1. The predicted molar refractivity (Wildman–Crippen MR) is 183 cm³/mol. The molecular weight excluding hydrogens is 570 g/mol. The first kappa shape index (κ1) is 43.1. The first-order valence-electron chi connectivity index (χ1n) is 18.5. The van der Waals surface area contributed by atoms with Gasteiger partial charge in [0.15, 0.2) is 0 Å². The average molecular weight is 640 g/mol. The van der Waals surface area contributed by atoms with Crippen molar-refractivity contribution in [3.05, 3.63) is 12.2 Å². The molecule has 0 aromatic carbocycles. The summed E-state index contributed by atoms with van der Waals surface area (Å²) in [6.45, 7) is 10.0. The minimum atomic E-state index is -0.519. The molecule has 0 aromatic heterocycles. The van der Waals surface area contributed by atoms with E-state index in [9.17, 15) is 19.5 Å². The summed E-state index contributed by atoms with van der Waals surface area (Å²) < 4.78 is 16.1. The van der Waals surface area contributed by atoms with Gasteiger partial charge in [-0.3, -0.25) is 4.79 Å². The van der Waals surface area contributed by atoms with Crippen molar-refractivity contribution in [2.75, 3.05) is 39.5 Å². The molecule has 0 amide bonds. The molecule has 8 nitrogen and oxygen atoms in total. The molecule has 264 valence electrons. The second-order valence-corrected chi connectivity index (χ2v) is 12.3. The van der Waals surface area contributed by atoms with E-state index in [0.29, 0.717) is 26.2 Å². The van der Waals surface area contributed by atoms with E-state index in [0.717, 1.165) is 128 Å². The van der Waals surface area contributed by atoms with Crippen LogP contribution in [0.5, 0.6) is 0 Å². The van der Waals surface area contributed by atoms with Gasteiger partial charge < -0.3 is 24.2 Å². The zero-order valence-electron chi connectivity index (χ0n) is 29.4. The fourth-order valence-electron chi connectivity index (χ4n) is 5.26. The molecule has 0 heterocycles. The Morgan fingerprint density at radius 1 is 0.578 bits per heavy atom. The lowest BCUT2D eigenvalue weighted by Crippen LogP contribution is -2.29. The number of esters is 3. The summed E-state index contributed by atoms with van der Waals surface area (Å²) in [5.74, 6) is -1.05. The lowest BCUT2D eigenvalue weighted by Gasteiger charge is -2.21. The summed E-state index contributed by atoms with van der Waals surface area (Å²) in [5, 5.41) is 9.45. The van der Waals surface area contributed by atoms with E-state index >= 15 is 0 Å². The van der Waals surface area contributed by atoms with Crippen LogP contribution in [0.1, 0.15) is 162 Å². The van der Waals surface area contributed by atoms with E-state index < -0.39 is 11.9 Å². The molecule has 0 fully saturated rings. The van der Waals surface area contributed by atoms with Gasteiger partial charge in [0, 0.05) is 25.1 Å². The molecule has 0 saturated heterocycles. The number of nitrogens with zero attached hydrogens (tertiary/aromatic N) is 1. The Morgan fingerprint density at radius 2 is 1.02 bits per heavy atom. The Hall–Kier alpha value is -1.93. The molecule has 0 bridgehead atoms. The number of hydrogen-bond acceptors (Lipinski definition) is 8. The molecule has 1 unspecified atom stereocenters. The van der Waals surface area contributed by atoms with Gasteiger partial charge in [0.25, 0.3) is 0 Å². The molecule has 0 rings (SSSR count). The van der Waals surface area contributed by atoms with Crippen LogP contribution in [0.3, 0.4) is 0 Å². The number of carbonyl (C=O) groups is 3. The molecule has 0 radical (unpaired) electrons. The van der Waals surface area contributed by atoms with E-state index in [2.05, 4.69) is 25.7 Å². The molecule has 0 aliphatic rings. The van der Waals surface area contributed by atoms with Gasteiger partial charge in [0.1, 0.15) is 6.10 Å². The standard InChI is InChI=1S/C37H69NO7/c1-4-7-10-17-24-34(23-16-8-5-2)45-37(42)25-18-12-11-13-19-28-38(30-31-39)29-20-14-15-22-33-44-36(41)27-26-35(40)43-32-21-9-6-3/h26-27,34,39H,4-25,28-33H2,1-3H3/b27-26+. The highest BCUT2D eigenvalue weighted by Gasteiger charge is 2.14. The topological polar surface area (TPSA) is 102 Å². The van der Waals surface area contributed by atoms with Crippen LogP contribution in [-0.4, -0.2) is 73.5 Å². The van der Waals surface area contributed by atoms with Crippen molar-refractivity contribution < 1.29 is 33.7 Å². The van der Waals surface area contributed by atoms with Gasteiger partial charge >= 0.3 is 17.9 Å². The highest BCUT2D eigenvalue weighted by atomic mass is 16.5. The minimum absolute atomic E-state index is 0.0220. The number of aliphatic hydroxyl groups excluding tert-OH is 1. The van der Waals surface area contributed by atoms with Crippen molar-refractivity contribution in [3.8, 4) is 0 Å². The van der Waals surface area contributed by atoms with Gasteiger partial charge in [-0.1, -0.05) is 97.8 Å². The van der Waals surface area contributed by atoms with Gasteiger partial charge in [0.2, 0.25) is 0 Å². The van der Waals surface area contributed by atoms with Crippen LogP contribution in [-0.2, 0) is 28.6 Å². The monoisotopic (exact) mass is 640 g/mol. The smallest absolute Gasteiger partial charge is 0.331 e. The summed E-state index contributed by atoms with van der Waals surface area (Å²) in [7, 11) is 0. The van der Waals surface area contributed by atoms with E-state index in [4.69, 9.17) is 14.2 Å². The quantitative estimate of drug-likeness (QED) is 0.0330. The van der Waals surface area contributed by atoms with Gasteiger partial charge in [-0.2, -0.15) is 0 Å². The molecule has 8 heteroatoms. The van der Waals surface area contributed by atoms with Crippen LogP contribution in [0, 0.1) is 0 Å². The van der Waals surface area contributed by atoms with Crippen molar-refractivity contribution >= 4 is 17.9 Å². The maximum atomic E-state index is 12.4. The number of hydrogen-bond donors (Lipinski definition) is 1. The molecular formula is C37H69NO7. The summed E-state index contributed by atoms with van der Waals surface area (Å²) >= 11 is 0. The number of ether oxygens (including phenoxy) is 3. The van der Waals surface area contributed by atoms with Crippen molar-refractivity contribution in [1.29, 1.82) is 0 Å². The first-order chi connectivity index (χ1) is 22.0. The maximum Gasteiger partial charge on any atom is 0.331 e. The highest BCUT2D eigenvalue weighted by molar-refractivity contribution is 5.91. The Balaban J connectivity index is 3.92. The number of unbranched alkanes of at least 4 members (excludes halogenated alkanes) is 14. The van der Waals surface area contributed by atoms with Crippen molar-refractivity contribution in [1.82, 2.24) is 4.90 Å². The number of aliphatic hydroxyl groups is 1. The fourth-order valence-corrected chi connectivity index (χ4v) is 5.26. The Kier molecular flexibility index (Phi) is 32.0. The number of carbonyl (C=O) groups excluding carboxylic acids is 3. The molecule has 0 aromatic rings. The molecule has 1 N–H and O–H groups in total. The van der Waals surface area contributed by atoms with Crippen molar-refractivity contribution in [3.63, 3.8) is 0 Å². The van der Waals surface area contributed by atoms with Crippen LogP contribution < -0.4 is 0 Å². The molecule has 45 heavy (non-hydrogen) atoms. The van der Waals surface area contributed by atoms with E-state index in [1.54, 1.807) is 0 Å². The molecule has 0 aliphatic heterocycles. The number of rotatable bonds is 33. The first-order valence-corrected chi connectivity index (χ1v) is 18.5. The SMILES string of the molecule is CCCCCCC(CCCCC)OC(=O)CCCCCCCN(CCO)CCCCCCOC(=O)/C=C/C(=O)OCCCCC. The van der Waals surface area contributed by atoms with Crippen LogP contribution in [0.4, 0.5) is 0 Å². The van der Waals surface area contributed by atoms with Crippen molar-refractivity contribution in [2.45, 2.75) is 168 Å². The average Bonchev–Trinajstić information content (AvgIpc) is 3.03. The minimum Gasteiger partial charge on any atom is -0.463 e. The Bertz CT molecular complexity index is 728. The maximum absolute atomic E-state index is 12.4. The lowest BCUT2D eigenvalue weighted by atomic mass is 10.0.